The van der Waals surface area contributed by atoms with Crippen LogP contribution in [0.4, 0.5) is 4.79 Å². The predicted octanol–water partition coefficient (Wildman–Crippen LogP) is 3.56. The topological polar surface area (TPSA) is 50.4 Å². The first-order chi connectivity index (χ1) is 9.81. The summed E-state index contributed by atoms with van der Waals surface area (Å²) in [6, 6.07) is 0. The van der Waals surface area contributed by atoms with Crippen LogP contribution in [0.15, 0.2) is 0 Å². The van der Waals surface area contributed by atoms with Crippen molar-refractivity contribution in [1.82, 2.24) is 10.6 Å². The summed E-state index contributed by atoms with van der Waals surface area (Å²) in [5.74, 6) is 2.00. The van der Waals surface area contributed by atoms with Gasteiger partial charge in [-0.25, -0.2) is 4.79 Å². The smallest absolute Gasteiger partial charge is 0.407 e. The number of carbonyl (C=O) groups excluding carboxylic acids is 1. The van der Waals surface area contributed by atoms with E-state index in [1.807, 2.05) is 20.8 Å². The molecule has 0 aromatic carbocycles. The number of rotatable bonds is 6. The molecular weight excluding hydrogens is 264 g/mol. The van der Waals surface area contributed by atoms with Gasteiger partial charge in [0, 0.05) is 6.54 Å². The first kappa shape index (κ1) is 18.3. The van der Waals surface area contributed by atoms with Gasteiger partial charge in [0.25, 0.3) is 0 Å². The second kappa shape index (κ2) is 8.62. The summed E-state index contributed by atoms with van der Waals surface area (Å²) >= 11 is 0. The van der Waals surface area contributed by atoms with Crippen molar-refractivity contribution in [1.29, 1.82) is 0 Å². The number of piperidine rings is 1. The number of nitrogens with one attached hydrogen (secondary N) is 2. The van der Waals surface area contributed by atoms with Crippen LogP contribution in [-0.2, 0) is 4.74 Å². The summed E-state index contributed by atoms with van der Waals surface area (Å²) in [5, 5.41) is 6.41. The molecule has 2 atom stereocenters. The van der Waals surface area contributed by atoms with E-state index in [0.29, 0.717) is 11.8 Å². The van der Waals surface area contributed by atoms with E-state index in [9.17, 15) is 4.79 Å². The second-order valence-corrected chi connectivity index (χ2v) is 7.48. The average molecular weight is 298 g/mol. The fourth-order valence-corrected chi connectivity index (χ4v) is 2.97. The fraction of sp³-hybridized carbons (Fsp3) is 0.941. The maximum atomic E-state index is 11.9. The van der Waals surface area contributed by atoms with E-state index >= 15 is 0 Å². The minimum absolute atomic E-state index is 0.286. The molecule has 124 valence electrons. The molecule has 1 fully saturated rings. The van der Waals surface area contributed by atoms with Crippen LogP contribution < -0.4 is 10.6 Å². The lowest BCUT2D eigenvalue weighted by Crippen LogP contribution is -2.40. The zero-order chi connectivity index (χ0) is 15.9. The zero-order valence-corrected chi connectivity index (χ0v) is 14.5. The molecule has 1 heterocycles. The monoisotopic (exact) mass is 298 g/mol. The van der Waals surface area contributed by atoms with Crippen molar-refractivity contribution >= 4 is 6.09 Å². The Hall–Kier alpha value is -0.770. The number of alkyl carbamates (subject to hydrolysis) is 1. The van der Waals surface area contributed by atoms with Crippen LogP contribution in [0.2, 0.25) is 0 Å². The molecular formula is C17H34N2O2. The van der Waals surface area contributed by atoms with Crippen LogP contribution in [0.3, 0.4) is 0 Å². The molecule has 1 rings (SSSR count). The van der Waals surface area contributed by atoms with Gasteiger partial charge in [0.1, 0.15) is 5.60 Å². The largest absolute Gasteiger partial charge is 0.444 e. The number of hydrogen-bond acceptors (Lipinski definition) is 3. The molecule has 0 saturated carbocycles. The predicted molar refractivity (Wildman–Crippen MR) is 87.4 cm³/mol. The molecule has 0 aliphatic carbocycles. The van der Waals surface area contributed by atoms with E-state index in [0.717, 1.165) is 25.6 Å². The SMILES string of the molecule is CC[C@H](C)C[C@H](CNC(=O)OC(C)(C)C)C1CCNCC1. The quantitative estimate of drug-likeness (QED) is 0.788. The lowest BCUT2D eigenvalue weighted by atomic mass is 9.79. The number of hydrogen-bond donors (Lipinski definition) is 2. The van der Waals surface area contributed by atoms with Crippen molar-refractivity contribution in [3.63, 3.8) is 0 Å². The zero-order valence-electron chi connectivity index (χ0n) is 14.5. The maximum Gasteiger partial charge on any atom is 0.407 e. The molecule has 0 bridgehead atoms. The van der Waals surface area contributed by atoms with Gasteiger partial charge in [-0.05, 0) is 70.9 Å². The Kier molecular flexibility index (Phi) is 7.50. The molecule has 0 aromatic heterocycles. The molecule has 1 aliphatic rings. The molecule has 0 unspecified atom stereocenters. The molecule has 1 saturated heterocycles. The van der Waals surface area contributed by atoms with Crippen LogP contribution in [0.25, 0.3) is 0 Å². The molecule has 1 amide bonds. The third-order valence-electron chi connectivity index (χ3n) is 4.36. The molecule has 1 aliphatic heterocycles. The van der Waals surface area contributed by atoms with Gasteiger partial charge in [-0.2, -0.15) is 0 Å². The molecule has 2 N–H and O–H groups in total. The Labute approximate surface area is 130 Å². The highest BCUT2D eigenvalue weighted by Crippen LogP contribution is 2.28. The van der Waals surface area contributed by atoms with Crippen molar-refractivity contribution in [3.05, 3.63) is 0 Å². The van der Waals surface area contributed by atoms with Crippen LogP contribution >= 0.6 is 0 Å². The van der Waals surface area contributed by atoms with E-state index in [1.165, 1.54) is 25.7 Å². The van der Waals surface area contributed by atoms with Crippen molar-refractivity contribution < 1.29 is 9.53 Å². The number of carbonyl (C=O) groups is 1. The Morgan fingerprint density at radius 2 is 1.95 bits per heavy atom. The lowest BCUT2D eigenvalue weighted by Gasteiger charge is -2.32. The third-order valence-corrected chi connectivity index (χ3v) is 4.36. The molecule has 4 nitrogen and oxygen atoms in total. The van der Waals surface area contributed by atoms with Gasteiger partial charge in [-0.15, -0.1) is 0 Å². The van der Waals surface area contributed by atoms with Crippen LogP contribution in [0, 0.1) is 17.8 Å². The van der Waals surface area contributed by atoms with Crippen molar-refractivity contribution in [3.8, 4) is 0 Å². The third kappa shape index (κ3) is 7.70. The first-order valence-electron chi connectivity index (χ1n) is 8.49. The highest BCUT2D eigenvalue weighted by molar-refractivity contribution is 5.67. The highest BCUT2D eigenvalue weighted by Gasteiger charge is 2.26. The van der Waals surface area contributed by atoms with Gasteiger partial charge in [0.15, 0.2) is 0 Å². The molecule has 0 aromatic rings. The second-order valence-electron chi connectivity index (χ2n) is 7.48. The maximum absolute atomic E-state index is 11.9. The number of amides is 1. The van der Waals surface area contributed by atoms with E-state index in [-0.39, 0.29) is 6.09 Å². The van der Waals surface area contributed by atoms with Crippen LogP contribution in [0.1, 0.15) is 60.3 Å². The van der Waals surface area contributed by atoms with Gasteiger partial charge in [0.05, 0.1) is 0 Å². The Morgan fingerprint density at radius 3 is 2.48 bits per heavy atom. The van der Waals surface area contributed by atoms with Crippen molar-refractivity contribution in [2.24, 2.45) is 17.8 Å². The van der Waals surface area contributed by atoms with Gasteiger partial charge in [0.2, 0.25) is 0 Å². The summed E-state index contributed by atoms with van der Waals surface area (Å²) < 4.78 is 5.34. The molecule has 0 spiro atoms. The van der Waals surface area contributed by atoms with Gasteiger partial charge >= 0.3 is 6.09 Å². The fourth-order valence-electron chi connectivity index (χ4n) is 2.97. The summed E-state index contributed by atoms with van der Waals surface area (Å²) in [7, 11) is 0. The standard InChI is InChI=1S/C17H34N2O2/c1-6-13(2)11-15(14-7-9-18-10-8-14)12-19-16(20)21-17(3,4)5/h13-15,18H,6-12H2,1-5H3,(H,19,20)/t13-,15+/m0/s1. The first-order valence-corrected chi connectivity index (χ1v) is 8.49. The van der Waals surface area contributed by atoms with E-state index in [1.54, 1.807) is 0 Å². The molecule has 4 heteroatoms. The van der Waals surface area contributed by atoms with Crippen LogP contribution in [-0.4, -0.2) is 31.3 Å². The van der Waals surface area contributed by atoms with E-state index in [2.05, 4.69) is 24.5 Å². The minimum atomic E-state index is -0.426. The van der Waals surface area contributed by atoms with Gasteiger partial charge in [-0.3, -0.25) is 0 Å². The van der Waals surface area contributed by atoms with Crippen molar-refractivity contribution in [2.75, 3.05) is 19.6 Å². The van der Waals surface area contributed by atoms with E-state index in [4.69, 9.17) is 4.74 Å². The number of ether oxygens (including phenoxy) is 1. The van der Waals surface area contributed by atoms with E-state index < -0.39 is 5.60 Å². The molecule has 21 heavy (non-hydrogen) atoms. The molecule has 0 radical (unpaired) electrons. The summed E-state index contributed by atoms with van der Waals surface area (Å²) in [5.41, 5.74) is -0.426. The summed E-state index contributed by atoms with van der Waals surface area (Å²) in [6.07, 6.45) is 4.55. The lowest BCUT2D eigenvalue weighted by molar-refractivity contribution is 0.0505. The highest BCUT2D eigenvalue weighted by atomic mass is 16.6. The summed E-state index contributed by atoms with van der Waals surface area (Å²) in [6.45, 7) is 13.2. The van der Waals surface area contributed by atoms with Gasteiger partial charge in [-0.1, -0.05) is 20.3 Å². The average Bonchev–Trinajstić information content (AvgIpc) is 2.42. The Bertz CT molecular complexity index is 306. The summed E-state index contributed by atoms with van der Waals surface area (Å²) in [4.78, 5) is 11.9. The van der Waals surface area contributed by atoms with Gasteiger partial charge < -0.3 is 15.4 Å². The van der Waals surface area contributed by atoms with Crippen molar-refractivity contribution in [2.45, 2.75) is 65.9 Å². The Balaban J connectivity index is 2.49. The Morgan fingerprint density at radius 1 is 1.33 bits per heavy atom. The normalized spacial score (nSPS) is 19.9. The minimum Gasteiger partial charge on any atom is -0.444 e. The van der Waals surface area contributed by atoms with Crippen LogP contribution in [0.5, 0.6) is 0 Å².